The van der Waals surface area contributed by atoms with Crippen molar-refractivity contribution >= 4 is 28.9 Å². The Morgan fingerprint density at radius 2 is 2.27 bits per heavy atom. The molecule has 0 bridgehead atoms. The van der Waals surface area contributed by atoms with Gasteiger partial charge in [0.25, 0.3) is 5.69 Å². The fourth-order valence-corrected chi connectivity index (χ4v) is 3.03. The third kappa shape index (κ3) is 4.18. The van der Waals surface area contributed by atoms with Crippen LogP contribution in [0.3, 0.4) is 0 Å². The summed E-state index contributed by atoms with van der Waals surface area (Å²) >= 11 is 5.76. The van der Waals surface area contributed by atoms with Crippen molar-refractivity contribution in [3.63, 3.8) is 0 Å². The van der Waals surface area contributed by atoms with Crippen LogP contribution in [0, 0.1) is 10.1 Å². The van der Waals surface area contributed by atoms with Gasteiger partial charge in [-0.05, 0) is 37.9 Å². The second-order valence-electron chi connectivity index (χ2n) is 5.50. The number of carbonyl (C=O) groups excluding carboxylic acids is 1. The Hall–Kier alpha value is -1.66. The lowest BCUT2D eigenvalue weighted by molar-refractivity contribution is -0.384. The molecule has 1 aromatic rings. The van der Waals surface area contributed by atoms with E-state index in [1.165, 1.54) is 18.6 Å². The molecule has 1 saturated heterocycles. The van der Waals surface area contributed by atoms with Crippen molar-refractivity contribution in [2.24, 2.45) is 0 Å². The molecule has 1 atom stereocenters. The van der Waals surface area contributed by atoms with Gasteiger partial charge in [-0.25, -0.2) is 0 Å². The van der Waals surface area contributed by atoms with Crippen molar-refractivity contribution in [3.8, 4) is 0 Å². The first-order valence-electron chi connectivity index (χ1n) is 7.49. The van der Waals surface area contributed by atoms with E-state index in [9.17, 15) is 14.9 Å². The zero-order valence-electron chi connectivity index (χ0n) is 12.5. The largest absolute Gasteiger partial charge is 0.325 e. The number of rotatable bonds is 5. The Balaban J connectivity index is 1.99. The Morgan fingerprint density at radius 1 is 1.50 bits per heavy atom. The molecular weight excluding hydrogens is 306 g/mol. The van der Waals surface area contributed by atoms with Crippen LogP contribution in [0.2, 0.25) is 5.02 Å². The van der Waals surface area contributed by atoms with Crippen molar-refractivity contribution in [2.75, 3.05) is 18.4 Å². The van der Waals surface area contributed by atoms with Crippen LogP contribution < -0.4 is 5.32 Å². The van der Waals surface area contributed by atoms with Crippen LogP contribution in [0.1, 0.15) is 32.6 Å². The number of hydrogen-bond acceptors (Lipinski definition) is 4. The van der Waals surface area contributed by atoms with Crippen LogP contribution in [0.15, 0.2) is 18.2 Å². The number of carbonyl (C=O) groups is 1. The molecule has 0 spiro atoms. The number of hydrogen-bond donors (Lipinski definition) is 1. The van der Waals surface area contributed by atoms with Crippen molar-refractivity contribution < 1.29 is 9.72 Å². The van der Waals surface area contributed by atoms with Gasteiger partial charge in [0.05, 0.1) is 11.5 Å². The lowest BCUT2D eigenvalue weighted by Crippen LogP contribution is -2.43. The third-order valence-corrected chi connectivity index (χ3v) is 4.31. The van der Waals surface area contributed by atoms with E-state index in [2.05, 4.69) is 17.1 Å². The summed E-state index contributed by atoms with van der Waals surface area (Å²) in [5.41, 5.74) is 0.190. The maximum absolute atomic E-state index is 12.2. The molecule has 7 heteroatoms. The molecule has 1 heterocycles. The molecular formula is C15H20ClN3O3. The Bertz CT molecular complexity index is 565. The summed E-state index contributed by atoms with van der Waals surface area (Å²) in [5.74, 6) is -0.156. The fraction of sp³-hybridized carbons (Fsp3) is 0.533. The Labute approximate surface area is 134 Å². The highest BCUT2D eigenvalue weighted by atomic mass is 35.5. The highest BCUT2D eigenvalue weighted by Gasteiger charge is 2.23. The maximum Gasteiger partial charge on any atom is 0.289 e. The molecule has 1 aliphatic heterocycles. The van der Waals surface area contributed by atoms with Crippen LogP contribution in [0.25, 0.3) is 0 Å². The highest BCUT2D eigenvalue weighted by molar-refractivity contribution is 6.32. The van der Waals surface area contributed by atoms with Gasteiger partial charge < -0.3 is 5.32 Å². The lowest BCUT2D eigenvalue weighted by Gasteiger charge is -2.34. The van der Waals surface area contributed by atoms with Gasteiger partial charge in [-0.3, -0.25) is 19.8 Å². The number of anilines is 1. The predicted molar refractivity (Wildman–Crippen MR) is 86.2 cm³/mol. The number of benzene rings is 1. The van der Waals surface area contributed by atoms with Gasteiger partial charge in [-0.2, -0.15) is 0 Å². The van der Waals surface area contributed by atoms with Gasteiger partial charge in [0, 0.05) is 17.8 Å². The molecule has 1 aromatic carbocycles. The van der Waals surface area contributed by atoms with Crippen LogP contribution in [0.5, 0.6) is 0 Å². The number of piperidine rings is 1. The molecule has 1 unspecified atom stereocenters. The van der Waals surface area contributed by atoms with Crippen LogP contribution in [-0.4, -0.2) is 34.9 Å². The quantitative estimate of drug-likeness (QED) is 0.664. The fourth-order valence-electron chi connectivity index (χ4n) is 2.85. The summed E-state index contributed by atoms with van der Waals surface area (Å²) in [6, 6.07) is 4.72. The average Bonchev–Trinajstić information content (AvgIpc) is 2.49. The molecule has 1 N–H and O–H groups in total. The van der Waals surface area contributed by atoms with Crippen molar-refractivity contribution in [1.82, 2.24) is 4.90 Å². The number of nitro benzene ring substituents is 1. The van der Waals surface area contributed by atoms with Crippen molar-refractivity contribution in [2.45, 2.75) is 38.6 Å². The van der Waals surface area contributed by atoms with Gasteiger partial charge in [0.2, 0.25) is 5.91 Å². The SMILES string of the molecule is CCC1CCCCN1CC(=O)Nc1ccc(Cl)c([N+](=O)[O-])c1. The smallest absolute Gasteiger partial charge is 0.289 e. The second kappa shape index (κ2) is 7.56. The zero-order chi connectivity index (χ0) is 16.1. The van der Waals surface area contributed by atoms with E-state index in [1.807, 2.05) is 0 Å². The Morgan fingerprint density at radius 3 is 2.95 bits per heavy atom. The second-order valence-corrected chi connectivity index (χ2v) is 5.91. The van der Waals surface area contributed by atoms with E-state index < -0.39 is 4.92 Å². The molecule has 22 heavy (non-hydrogen) atoms. The van der Waals surface area contributed by atoms with Crippen LogP contribution in [0.4, 0.5) is 11.4 Å². The molecule has 2 rings (SSSR count). The summed E-state index contributed by atoms with van der Waals surface area (Å²) < 4.78 is 0. The van der Waals surface area contributed by atoms with E-state index in [1.54, 1.807) is 6.07 Å². The first-order chi connectivity index (χ1) is 10.5. The highest BCUT2D eigenvalue weighted by Crippen LogP contribution is 2.27. The van der Waals surface area contributed by atoms with Crippen molar-refractivity contribution in [1.29, 1.82) is 0 Å². The number of likely N-dealkylation sites (tertiary alicyclic amines) is 1. The normalized spacial score (nSPS) is 18.9. The average molecular weight is 326 g/mol. The summed E-state index contributed by atoms with van der Waals surface area (Å²) in [5, 5.41) is 13.6. The molecule has 0 aliphatic carbocycles. The predicted octanol–water partition coefficient (Wildman–Crippen LogP) is 3.45. The summed E-state index contributed by atoms with van der Waals surface area (Å²) in [6.45, 7) is 3.37. The number of nitrogens with zero attached hydrogens (tertiary/aromatic N) is 2. The first kappa shape index (κ1) is 16.7. The van der Waals surface area contributed by atoms with Crippen molar-refractivity contribution in [3.05, 3.63) is 33.3 Å². The number of nitro groups is 1. The third-order valence-electron chi connectivity index (χ3n) is 3.99. The van der Waals surface area contributed by atoms with Gasteiger partial charge >= 0.3 is 0 Å². The summed E-state index contributed by atoms with van der Waals surface area (Å²) in [6.07, 6.45) is 4.46. The van der Waals surface area contributed by atoms with Gasteiger partial charge in [-0.15, -0.1) is 0 Å². The maximum atomic E-state index is 12.2. The Kier molecular flexibility index (Phi) is 5.74. The molecule has 1 amide bonds. The first-order valence-corrected chi connectivity index (χ1v) is 7.87. The van der Waals surface area contributed by atoms with E-state index >= 15 is 0 Å². The number of nitrogens with one attached hydrogen (secondary N) is 1. The summed E-state index contributed by atoms with van der Waals surface area (Å²) in [7, 11) is 0. The van der Waals surface area contributed by atoms with E-state index in [-0.39, 0.29) is 16.6 Å². The molecule has 0 aromatic heterocycles. The standard InChI is InChI=1S/C15H20ClN3O3/c1-2-12-5-3-4-8-18(12)10-15(20)17-11-6-7-13(16)14(9-11)19(21)22/h6-7,9,12H,2-5,8,10H2,1H3,(H,17,20). The zero-order valence-corrected chi connectivity index (χ0v) is 13.3. The number of amides is 1. The topological polar surface area (TPSA) is 75.5 Å². The van der Waals surface area contributed by atoms with E-state index in [0.717, 1.165) is 25.8 Å². The molecule has 0 saturated carbocycles. The van der Waals surface area contributed by atoms with E-state index in [4.69, 9.17) is 11.6 Å². The minimum atomic E-state index is -0.560. The molecule has 1 aliphatic rings. The molecule has 6 nitrogen and oxygen atoms in total. The van der Waals surface area contributed by atoms with E-state index in [0.29, 0.717) is 18.3 Å². The van der Waals surface area contributed by atoms with Crippen LogP contribution in [-0.2, 0) is 4.79 Å². The van der Waals surface area contributed by atoms with Gasteiger partial charge in [0.15, 0.2) is 0 Å². The van der Waals surface area contributed by atoms with Gasteiger partial charge in [0.1, 0.15) is 5.02 Å². The molecule has 0 radical (unpaired) electrons. The monoisotopic (exact) mass is 325 g/mol. The number of halogens is 1. The minimum Gasteiger partial charge on any atom is -0.325 e. The minimum absolute atomic E-state index is 0.0603. The van der Waals surface area contributed by atoms with Gasteiger partial charge in [-0.1, -0.05) is 24.9 Å². The molecule has 1 fully saturated rings. The summed E-state index contributed by atoms with van der Waals surface area (Å²) in [4.78, 5) is 24.6. The van der Waals surface area contributed by atoms with Crippen LogP contribution >= 0.6 is 11.6 Å². The lowest BCUT2D eigenvalue weighted by atomic mass is 10.00. The molecule has 120 valence electrons.